The first-order valence-electron chi connectivity index (χ1n) is 6.80. The molecule has 2 atom stereocenters. The molecule has 0 saturated heterocycles. The molecule has 1 saturated carbocycles. The van der Waals surface area contributed by atoms with Gasteiger partial charge in [-0.25, -0.2) is 0 Å². The summed E-state index contributed by atoms with van der Waals surface area (Å²) in [5.41, 5.74) is 0. The van der Waals surface area contributed by atoms with Crippen molar-refractivity contribution in [2.24, 2.45) is 11.8 Å². The van der Waals surface area contributed by atoms with Gasteiger partial charge in [-0.15, -0.1) is 0 Å². The lowest BCUT2D eigenvalue weighted by atomic mass is 9.78. The van der Waals surface area contributed by atoms with Crippen LogP contribution in [-0.4, -0.2) is 13.2 Å². The Kier molecular flexibility index (Phi) is 6.31. The van der Waals surface area contributed by atoms with Crippen molar-refractivity contribution < 1.29 is 4.74 Å². The zero-order valence-corrected chi connectivity index (χ0v) is 10.8. The highest BCUT2D eigenvalue weighted by molar-refractivity contribution is 4.72. The Balaban J connectivity index is 2.18. The van der Waals surface area contributed by atoms with Gasteiger partial charge in [-0.2, -0.15) is 0 Å². The van der Waals surface area contributed by atoms with Crippen LogP contribution >= 0.6 is 0 Å². The van der Waals surface area contributed by atoms with Crippen LogP contribution in [-0.2, 0) is 4.74 Å². The molecule has 0 aromatic carbocycles. The van der Waals surface area contributed by atoms with Crippen molar-refractivity contribution in [1.82, 2.24) is 0 Å². The fourth-order valence-corrected chi connectivity index (χ4v) is 2.88. The lowest BCUT2D eigenvalue weighted by Crippen LogP contribution is -2.18. The average Bonchev–Trinajstić information content (AvgIpc) is 2.31. The van der Waals surface area contributed by atoms with Crippen LogP contribution in [0.5, 0.6) is 0 Å². The second-order valence-electron chi connectivity index (χ2n) is 5.22. The van der Waals surface area contributed by atoms with E-state index in [4.69, 9.17) is 4.74 Å². The van der Waals surface area contributed by atoms with Crippen molar-refractivity contribution >= 4 is 0 Å². The summed E-state index contributed by atoms with van der Waals surface area (Å²) >= 11 is 0. The standard InChI is InChI=1S/C14H28O/c1-4-14(15-3)11-10-12(2)13-8-6-5-7-9-13/h12-14H,4-11H2,1-3H3. The summed E-state index contributed by atoms with van der Waals surface area (Å²) in [4.78, 5) is 0. The lowest BCUT2D eigenvalue weighted by molar-refractivity contribution is 0.0818. The fraction of sp³-hybridized carbons (Fsp3) is 1.00. The second-order valence-corrected chi connectivity index (χ2v) is 5.22. The first-order chi connectivity index (χ1) is 7.27. The first kappa shape index (κ1) is 13.0. The van der Waals surface area contributed by atoms with Gasteiger partial charge in [0.15, 0.2) is 0 Å². The highest BCUT2D eigenvalue weighted by Gasteiger charge is 2.20. The van der Waals surface area contributed by atoms with E-state index in [1.165, 1.54) is 44.9 Å². The van der Waals surface area contributed by atoms with Crippen molar-refractivity contribution in [3.63, 3.8) is 0 Å². The molecular formula is C14H28O. The van der Waals surface area contributed by atoms with Crippen LogP contribution in [0.2, 0.25) is 0 Å². The Bertz CT molecular complexity index is 145. The Hall–Kier alpha value is -0.0400. The van der Waals surface area contributed by atoms with E-state index in [2.05, 4.69) is 13.8 Å². The van der Waals surface area contributed by atoms with Gasteiger partial charge in [0.2, 0.25) is 0 Å². The third-order valence-electron chi connectivity index (χ3n) is 4.19. The predicted molar refractivity (Wildman–Crippen MR) is 66.1 cm³/mol. The summed E-state index contributed by atoms with van der Waals surface area (Å²) in [6, 6.07) is 0. The molecule has 0 amide bonds. The van der Waals surface area contributed by atoms with Crippen LogP contribution in [0.25, 0.3) is 0 Å². The monoisotopic (exact) mass is 212 g/mol. The Labute approximate surface area is 95.6 Å². The van der Waals surface area contributed by atoms with Crippen molar-refractivity contribution in [3.8, 4) is 0 Å². The van der Waals surface area contributed by atoms with Crippen LogP contribution in [0.15, 0.2) is 0 Å². The average molecular weight is 212 g/mol. The van der Waals surface area contributed by atoms with Gasteiger partial charge in [0, 0.05) is 7.11 Å². The normalized spacial score (nSPS) is 22.6. The number of ether oxygens (including phenoxy) is 1. The maximum absolute atomic E-state index is 5.44. The van der Waals surface area contributed by atoms with Crippen molar-refractivity contribution in [1.29, 1.82) is 0 Å². The summed E-state index contributed by atoms with van der Waals surface area (Å²) < 4.78 is 5.44. The Morgan fingerprint density at radius 3 is 2.33 bits per heavy atom. The molecule has 0 heterocycles. The van der Waals surface area contributed by atoms with Gasteiger partial charge in [0.25, 0.3) is 0 Å². The molecule has 0 spiro atoms. The molecule has 0 bridgehead atoms. The van der Waals surface area contributed by atoms with Crippen molar-refractivity contribution in [3.05, 3.63) is 0 Å². The van der Waals surface area contributed by atoms with E-state index in [0.29, 0.717) is 6.10 Å². The first-order valence-corrected chi connectivity index (χ1v) is 6.80. The highest BCUT2D eigenvalue weighted by Crippen LogP contribution is 2.32. The minimum absolute atomic E-state index is 0.496. The van der Waals surface area contributed by atoms with Crippen molar-refractivity contribution in [2.45, 2.75) is 71.3 Å². The van der Waals surface area contributed by atoms with Crippen molar-refractivity contribution in [2.75, 3.05) is 7.11 Å². The van der Waals surface area contributed by atoms with Crippen LogP contribution < -0.4 is 0 Å². The van der Waals surface area contributed by atoms with E-state index in [9.17, 15) is 0 Å². The maximum Gasteiger partial charge on any atom is 0.0568 e. The smallest absolute Gasteiger partial charge is 0.0568 e. The zero-order chi connectivity index (χ0) is 11.1. The second kappa shape index (κ2) is 7.27. The fourth-order valence-electron chi connectivity index (χ4n) is 2.88. The minimum Gasteiger partial charge on any atom is -0.381 e. The Morgan fingerprint density at radius 1 is 1.13 bits per heavy atom. The number of hydrogen-bond donors (Lipinski definition) is 0. The summed E-state index contributed by atoms with van der Waals surface area (Å²) in [5.74, 6) is 1.92. The van der Waals surface area contributed by atoms with E-state index in [-0.39, 0.29) is 0 Å². The molecule has 1 aliphatic rings. The molecule has 90 valence electrons. The van der Waals surface area contributed by atoms with Crippen LogP contribution in [0.4, 0.5) is 0 Å². The predicted octanol–water partition coefficient (Wildman–Crippen LogP) is 4.41. The van der Waals surface area contributed by atoms with Crippen LogP contribution in [0, 0.1) is 11.8 Å². The summed E-state index contributed by atoms with van der Waals surface area (Å²) in [6.07, 6.45) is 11.6. The SMILES string of the molecule is CCC(CCC(C)C1CCCCC1)OC. The topological polar surface area (TPSA) is 9.23 Å². The van der Waals surface area contributed by atoms with Gasteiger partial charge in [0.1, 0.15) is 0 Å². The van der Waals surface area contributed by atoms with E-state index in [0.717, 1.165) is 18.3 Å². The molecule has 1 fully saturated rings. The maximum atomic E-state index is 5.44. The van der Waals surface area contributed by atoms with Gasteiger partial charge < -0.3 is 4.74 Å². The molecule has 1 heteroatoms. The molecule has 0 aromatic rings. The number of rotatable bonds is 6. The van der Waals surface area contributed by atoms with E-state index >= 15 is 0 Å². The Morgan fingerprint density at radius 2 is 1.80 bits per heavy atom. The molecule has 15 heavy (non-hydrogen) atoms. The third-order valence-corrected chi connectivity index (χ3v) is 4.19. The molecule has 0 N–H and O–H groups in total. The molecule has 0 radical (unpaired) electrons. The van der Waals surface area contributed by atoms with E-state index < -0.39 is 0 Å². The quantitative estimate of drug-likeness (QED) is 0.634. The van der Waals surface area contributed by atoms with Crippen LogP contribution in [0.3, 0.4) is 0 Å². The van der Waals surface area contributed by atoms with Gasteiger partial charge in [-0.3, -0.25) is 0 Å². The summed E-state index contributed by atoms with van der Waals surface area (Å²) in [6.45, 7) is 4.66. The summed E-state index contributed by atoms with van der Waals surface area (Å²) in [7, 11) is 1.85. The van der Waals surface area contributed by atoms with Gasteiger partial charge in [-0.05, 0) is 31.1 Å². The largest absolute Gasteiger partial charge is 0.381 e. The molecular weight excluding hydrogens is 184 g/mol. The summed E-state index contributed by atoms with van der Waals surface area (Å²) in [5, 5.41) is 0. The minimum atomic E-state index is 0.496. The van der Waals surface area contributed by atoms with E-state index in [1.54, 1.807) is 0 Å². The lowest BCUT2D eigenvalue weighted by Gasteiger charge is -2.28. The highest BCUT2D eigenvalue weighted by atomic mass is 16.5. The van der Waals surface area contributed by atoms with Gasteiger partial charge in [-0.1, -0.05) is 46.0 Å². The van der Waals surface area contributed by atoms with Gasteiger partial charge in [0.05, 0.1) is 6.10 Å². The van der Waals surface area contributed by atoms with Gasteiger partial charge >= 0.3 is 0 Å². The molecule has 0 aromatic heterocycles. The molecule has 1 aliphatic carbocycles. The zero-order valence-electron chi connectivity index (χ0n) is 10.8. The number of hydrogen-bond acceptors (Lipinski definition) is 1. The molecule has 0 aliphatic heterocycles. The van der Waals surface area contributed by atoms with E-state index in [1.807, 2.05) is 7.11 Å². The number of methoxy groups -OCH3 is 1. The van der Waals surface area contributed by atoms with Crippen LogP contribution in [0.1, 0.15) is 65.2 Å². The molecule has 1 rings (SSSR count). The molecule has 1 nitrogen and oxygen atoms in total. The molecule has 2 unspecified atom stereocenters. The third kappa shape index (κ3) is 4.55.